The average molecular weight is 284 g/mol. The molecule has 0 spiro atoms. The van der Waals surface area contributed by atoms with E-state index < -0.39 is 0 Å². The smallest absolute Gasteiger partial charge is 0.0518 e. The summed E-state index contributed by atoms with van der Waals surface area (Å²) in [6.07, 6.45) is 0.605. The number of nitrogens with zero attached hydrogens (tertiary/aromatic N) is 1. The van der Waals surface area contributed by atoms with Crippen molar-refractivity contribution in [1.82, 2.24) is 0 Å². The Kier molecular flexibility index (Phi) is 3.55. The number of hydrogen-bond acceptors (Lipinski definition) is 2. The molecule has 88 valence electrons. The summed E-state index contributed by atoms with van der Waals surface area (Å²) in [7, 11) is 0. The monoisotopic (exact) mass is 283 g/mol. The van der Waals surface area contributed by atoms with Gasteiger partial charge in [0.1, 0.15) is 0 Å². The van der Waals surface area contributed by atoms with Crippen LogP contribution in [0.4, 0.5) is 5.69 Å². The molecule has 0 aliphatic carbocycles. The van der Waals surface area contributed by atoms with Crippen LogP contribution in [0.1, 0.15) is 31.7 Å². The molecule has 0 amide bonds. The van der Waals surface area contributed by atoms with Crippen LogP contribution in [0.15, 0.2) is 22.7 Å². The summed E-state index contributed by atoms with van der Waals surface area (Å²) in [5.74, 6) is 0.450. The maximum atomic E-state index is 9.55. The molecular formula is C13H18BrNO. The predicted octanol–water partition coefficient (Wildman–Crippen LogP) is 3.14. The number of rotatable bonds is 3. The van der Waals surface area contributed by atoms with E-state index in [-0.39, 0.29) is 6.10 Å². The van der Waals surface area contributed by atoms with Crippen molar-refractivity contribution in [3.8, 4) is 0 Å². The normalized spacial score (nSPS) is 21.0. The van der Waals surface area contributed by atoms with Crippen molar-refractivity contribution < 1.29 is 5.11 Å². The number of aliphatic hydroxyl groups excluding tert-OH is 1. The third-order valence-corrected chi connectivity index (χ3v) is 3.92. The summed E-state index contributed by atoms with van der Waals surface area (Å²) >= 11 is 3.63. The van der Waals surface area contributed by atoms with E-state index >= 15 is 0 Å². The second-order valence-electron chi connectivity index (χ2n) is 4.49. The summed E-state index contributed by atoms with van der Waals surface area (Å²) in [6.45, 7) is 6.10. The molecule has 0 aromatic heterocycles. The Hall–Kier alpha value is -0.540. The molecule has 2 nitrogen and oxygen atoms in total. The molecule has 1 N–H and O–H groups in total. The van der Waals surface area contributed by atoms with Crippen LogP contribution in [-0.4, -0.2) is 24.3 Å². The fourth-order valence-corrected chi connectivity index (χ4v) is 3.24. The Bertz CT molecular complexity index is 378. The second-order valence-corrected chi connectivity index (χ2v) is 5.35. The van der Waals surface area contributed by atoms with Gasteiger partial charge in [-0.3, -0.25) is 0 Å². The van der Waals surface area contributed by atoms with Crippen LogP contribution in [0, 0.1) is 0 Å². The van der Waals surface area contributed by atoms with Crippen molar-refractivity contribution in [3.05, 3.63) is 28.2 Å². The SMILES string of the molecule is CCN1CC(CC(C)O)c2c(Br)cccc21. The molecule has 1 aromatic carbocycles. The van der Waals surface area contributed by atoms with E-state index in [1.165, 1.54) is 15.7 Å². The van der Waals surface area contributed by atoms with Gasteiger partial charge in [-0.15, -0.1) is 0 Å². The van der Waals surface area contributed by atoms with Gasteiger partial charge in [0.05, 0.1) is 6.10 Å². The number of benzene rings is 1. The van der Waals surface area contributed by atoms with Gasteiger partial charge in [-0.25, -0.2) is 0 Å². The molecule has 1 aromatic rings. The quantitative estimate of drug-likeness (QED) is 0.921. The Morgan fingerprint density at radius 2 is 2.31 bits per heavy atom. The third kappa shape index (κ3) is 2.11. The average Bonchev–Trinajstić information content (AvgIpc) is 2.57. The number of fused-ring (bicyclic) bond motifs is 1. The largest absolute Gasteiger partial charge is 0.393 e. The van der Waals surface area contributed by atoms with Gasteiger partial charge in [-0.1, -0.05) is 22.0 Å². The molecule has 2 unspecified atom stereocenters. The number of anilines is 1. The van der Waals surface area contributed by atoms with Gasteiger partial charge in [-0.05, 0) is 38.0 Å². The standard InChI is InChI=1S/C13H18BrNO/c1-3-15-8-10(7-9(2)16)13-11(14)5-4-6-12(13)15/h4-6,9-10,16H,3,7-8H2,1-2H3. The fourth-order valence-electron chi connectivity index (χ4n) is 2.56. The second kappa shape index (κ2) is 4.76. The van der Waals surface area contributed by atoms with Crippen LogP contribution in [0.25, 0.3) is 0 Å². The summed E-state index contributed by atoms with van der Waals surface area (Å²) in [4.78, 5) is 2.38. The predicted molar refractivity (Wildman–Crippen MR) is 71.1 cm³/mol. The van der Waals surface area contributed by atoms with Crippen molar-refractivity contribution in [2.45, 2.75) is 32.3 Å². The molecule has 16 heavy (non-hydrogen) atoms. The maximum absolute atomic E-state index is 9.55. The van der Waals surface area contributed by atoms with Crippen LogP contribution < -0.4 is 4.90 Å². The van der Waals surface area contributed by atoms with E-state index in [4.69, 9.17) is 0 Å². The Morgan fingerprint density at radius 1 is 1.56 bits per heavy atom. The number of likely N-dealkylation sites (N-methyl/N-ethyl adjacent to an activating group) is 1. The van der Waals surface area contributed by atoms with Crippen LogP contribution in [0.5, 0.6) is 0 Å². The van der Waals surface area contributed by atoms with Crippen LogP contribution in [0.2, 0.25) is 0 Å². The molecule has 2 atom stereocenters. The fraction of sp³-hybridized carbons (Fsp3) is 0.538. The van der Waals surface area contributed by atoms with Crippen molar-refractivity contribution in [2.75, 3.05) is 18.0 Å². The molecule has 1 aliphatic rings. The highest BCUT2D eigenvalue weighted by atomic mass is 79.9. The molecule has 0 fully saturated rings. The lowest BCUT2D eigenvalue weighted by Gasteiger charge is -2.17. The van der Waals surface area contributed by atoms with Gasteiger partial charge in [0.25, 0.3) is 0 Å². The molecular weight excluding hydrogens is 266 g/mol. The minimum Gasteiger partial charge on any atom is -0.393 e. The molecule has 0 saturated heterocycles. The zero-order chi connectivity index (χ0) is 11.7. The first kappa shape index (κ1) is 11.9. The van der Waals surface area contributed by atoms with Gasteiger partial charge in [0.15, 0.2) is 0 Å². The molecule has 1 aliphatic heterocycles. The highest BCUT2D eigenvalue weighted by Crippen LogP contribution is 2.42. The number of aliphatic hydroxyl groups is 1. The first-order valence-electron chi connectivity index (χ1n) is 5.85. The minimum atomic E-state index is -0.234. The molecule has 0 saturated carbocycles. The van der Waals surface area contributed by atoms with Gasteiger partial charge < -0.3 is 10.0 Å². The van der Waals surface area contributed by atoms with E-state index in [2.05, 4.69) is 46.0 Å². The Balaban J connectivity index is 2.35. The highest BCUT2D eigenvalue weighted by Gasteiger charge is 2.30. The zero-order valence-corrected chi connectivity index (χ0v) is 11.4. The zero-order valence-electron chi connectivity index (χ0n) is 9.78. The van der Waals surface area contributed by atoms with Gasteiger partial charge in [0, 0.05) is 29.2 Å². The molecule has 0 bridgehead atoms. The molecule has 2 rings (SSSR count). The third-order valence-electron chi connectivity index (χ3n) is 3.23. The van der Waals surface area contributed by atoms with Crippen LogP contribution in [-0.2, 0) is 0 Å². The van der Waals surface area contributed by atoms with Crippen molar-refractivity contribution in [2.24, 2.45) is 0 Å². The van der Waals surface area contributed by atoms with E-state index in [0.29, 0.717) is 5.92 Å². The van der Waals surface area contributed by atoms with E-state index in [9.17, 15) is 5.11 Å². The molecule has 0 radical (unpaired) electrons. The lowest BCUT2D eigenvalue weighted by Crippen LogP contribution is -2.22. The van der Waals surface area contributed by atoms with Crippen molar-refractivity contribution in [1.29, 1.82) is 0 Å². The lowest BCUT2D eigenvalue weighted by atomic mass is 9.96. The lowest BCUT2D eigenvalue weighted by molar-refractivity contribution is 0.176. The first-order valence-corrected chi connectivity index (χ1v) is 6.64. The minimum absolute atomic E-state index is 0.234. The van der Waals surface area contributed by atoms with Crippen molar-refractivity contribution >= 4 is 21.6 Å². The van der Waals surface area contributed by atoms with E-state index in [0.717, 1.165) is 19.5 Å². The number of hydrogen-bond donors (Lipinski definition) is 1. The van der Waals surface area contributed by atoms with Gasteiger partial charge in [-0.2, -0.15) is 0 Å². The van der Waals surface area contributed by atoms with E-state index in [1.54, 1.807) is 0 Å². The summed E-state index contributed by atoms with van der Waals surface area (Å²) in [5.41, 5.74) is 2.69. The first-order chi connectivity index (χ1) is 7.63. The van der Waals surface area contributed by atoms with Crippen molar-refractivity contribution in [3.63, 3.8) is 0 Å². The van der Waals surface area contributed by atoms with E-state index in [1.807, 2.05) is 6.92 Å². The highest BCUT2D eigenvalue weighted by molar-refractivity contribution is 9.10. The maximum Gasteiger partial charge on any atom is 0.0518 e. The summed E-state index contributed by atoms with van der Waals surface area (Å²) < 4.78 is 1.17. The Morgan fingerprint density at radius 3 is 2.94 bits per heavy atom. The number of halogens is 1. The molecule has 3 heteroatoms. The van der Waals surface area contributed by atoms with Gasteiger partial charge >= 0.3 is 0 Å². The van der Waals surface area contributed by atoms with Crippen LogP contribution >= 0.6 is 15.9 Å². The van der Waals surface area contributed by atoms with Crippen LogP contribution in [0.3, 0.4) is 0 Å². The summed E-state index contributed by atoms with van der Waals surface area (Å²) in [6, 6.07) is 6.34. The summed E-state index contributed by atoms with van der Waals surface area (Å²) in [5, 5.41) is 9.55. The van der Waals surface area contributed by atoms with Gasteiger partial charge in [0.2, 0.25) is 0 Å². The topological polar surface area (TPSA) is 23.5 Å². The Labute approximate surface area is 105 Å². The molecule has 1 heterocycles.